The second-order valence-electron chi connectivity index (χ2n) is 2.47. The van der Waals surface area contributed by atoms with E-state index in [0.29, 0.717) is 0 Å². The van der Waals surface area contributed by atoms with Crippen LogP contribution in [0.2, 0.25) is 0 Å². The molecule has 1 aromatic carbocycles. The predicted molar refractivity (Wildman–Crippen MR) is 45.5 cm³/mol. The zero-order valence-corrected chi connectivity index (χ0v) is 6.81. The Morgan fingerprint density at radius 3 is 2.40 bits per heavy atom. The summed E-state index contributed by atoms with van der Waals surface area (Å²) in [6.45, 7) is 2.01. The molecule has 1 rings (SSSR count). The Morgan fingerprint density at radius 2 is 1.90 bits per heavy atom. The second-order valence-corrected chi connectivity index (χ2v) is 3.22. The number of rotatable bonds is 2. The minimum atomic E-state index is 0.238. The van der Waals surface area contributed by atoms with Gasteiger partial charge >= 0.3 is 0 Å². The molecule has 0 nitrogen and oxygen atoms in total. The molecule has 0 aliphatic carbocycles. The molecule has 1 heteroatoms. The molecular weight excluding hydrogens is 144 g/mol. The molecule has 0 saturated carbocycles. The quantitative estimate of drug-likeness (QED) is 0.575. The molecule has 1 unspecified atom stereocenters. The zero-order chi connectivity index (χ0) is 7.40. The van der Waals surface area contributed by atoms with Gasteiger partial charge in [0.2, 0.25) is 0 Å². The highest BCUT2D eigenvalue weighted by Crippen LogP contribution is 2.06. The van der Waals surface area contributed by atoms with Crippen molar-refractivity contribution in [3.63, 3.8) is 0 Å². The van der Waals surface area contributed by atoms with Gasteiger partial charge in [-0.1, -0.05) is 30.3 Å². The van der Waals surface area contributed by atoms with Crippen LogP contribution in [0.4, 0.5) is 0 Å². The first kappa shape index (κ1) is 7.62. The van der Waals surface area contributed by atoms with E-state index >= 15 is 0 Å². The molecule has 0 aromatic heterocycles. The fourth-order valence-electron chi connectivity index (χ4n) is 0.939. The van der Waals surface area contributed by atoms with Gasteiger partial charge in [0.1, 0.15) is 0 Å². The molecule has 0 radical (unpaired) electrons. The molecule has 0 fully saturated rings. The Kier molecular flexibility index (Phi) is 2.76. The maximum atomic E-state index is 5.81. The van der Waals surface area contributed by atoms with Crippen LogP contribution in [0, 0.1) is 0 Å². The van der Waals surface area contributed by atoms with Crippen molar-refractivity contribution in [1.82, 2.24) is 0 Å². The highest BCUT2D eigenvalue weighted by Gasteiger charge is 1.96. The molecular formula is C9H11Cl. The van der Waals surface area contributed by atoms with Crippen LogP contribution in [0.15, 0.2) is 30.3 Å². The Hall–Kier alpha value is -0.490. The first-order valence-electron chi connectivity index (χ1n) is 3.47. The lowest BCUT2D eigenvalue weighted by Crippen LogP contribution is -1.95. The van der Waals surface area contributed by atoms with Crippen molar-refractivity contribution in [2.75, 3.05) is 0 Å². The van der Waals surface area contributed by atoms with Crippen molar-refractivity contribution in [3.05, 3.63) is 35.9 Å². The summed E-state index contributed by atoms with van der Waals surface area (Å²) < 4.78 is 0. The summed E-state index contributed by atoms with van der Waals surface area (Å²) in [4.78, 5) is 0. The summed E-state index contributed by atoms with van der Waals surface area (Å²) >= 11 is 5.81. The lowest BCUT2D eigenvalue weighted by atomic mass is 10.1. The maximum Gasteiger partial charge on any atom is 0.0348 e. The lowest BCUT2D eigenvalue weighted by Gasteiger charge is -2.00. The summed E-state index contributed by atoms with van der Waals surface area (Å²) in [6, 6.07) is 10.3. The number of halogens is 1. The van der Waals surface area contributed by atoms with Crippen LogP contribution in [-0.4, -0.2) is 5.38 Å². The van der Waals surface area contributed by atoms with Crippen LogP contribution in [0.5, 0.6) is 0 Å². The normalized spacial score (nSPS) is 13.0. The van der Waals surface area contributed by atoms with Crippen molar-refractivity contribution < 1.29 is 0 Å². The van der Waals surface area contributed by atoms with Crippen LogP contribution in [0.25, 0.3) is 0 Å². The Balaban J connectivity index is 2.59. The van der Waals surface area contributed by atoms with Crippen molar-refractivity contribution in [1.29, 1.82) is 0 Å². The molecule has 0 amide bonds. The average Bonchev–Trinajstić information content (AvgIpc) is 1.88. The van der Waals surface area contributed by atoms with Crippen molar-refractivity contribution in [3.8, 4) is 0 Å². The molecule has 0 bridgehead atoms. The van der Waals surface area contributed by atoms with Gasteiger partial charge in [0.25, 0.3) is 0 Å². The molecule has 0 saturated heterocycles. The van der Waals surface area contributed by atoms with Gasteiger partial charge in [0, 0.05) is 5.38 Å². The van der Waals surface area contributed by atoms with Crippen LogP contribution in [0.3, 0.4) is 0 Å². The summed E-state index contributed by atoms with van der Waals surface area (Å²) in [5.41, 5.74) is 1.31. The Bertz CT molecular complexity index is 179. The largest absolute Gasteiger partial charge is 0.123 e. The first-order valence-corrected chi connectivity index (χ1v) is 3.90. The highest BCUT2D eigenvalue weighted by atomic mass is 35.5. The standard InChI is InChI=1S/C9H11Cl/c1-8(10)7-9-5-3-2-4-6-9/h2-6,8H,7H2,1H3. The van der Waals surface area contributed by atoms with E-state index in [-0.39, 0.29) is 5.38 Å². The predicted octanol–water partition coefficient (Wildman–Crippen LogP) is 2.86. The molecule has 0 heterocycles. The van der Waals surface area contributed by atoms with Gasteiger partial charge in [-0.15, -0.1) is 11.6 Å². The number of benzene rings is 1. The SMILES string of the molecule is CC(Cl)Cc1ccccc1. The summed E-state index contributed by atoms with van der Waals surface area (Å²) in [5.74, 6) is 0. The molecule has 10 heavy (non-hydrogen) atoms. The van der Waals surface area contributed by atoms with Gasteiger partial charge in [0.05, 0.1) is 0 Å². The van der Waals surface area contributed by atoms with Crippen LogP contribution in [-0.2, 0) is 6.42 Å². The molecule has 0 aliphatic heterocycles. The fraction of sp³-hybridized carbons (Fsp3) is 0.333. The summed E-state index contributed by atoms with van der Waals surface area (Å²) in [6.07, 6.45) is 0.961. The number of alkyl halides is 1. The van der Waals surface area contributed by atoms with E-state index in [4.69, 9.17) is 11.6 Å². The third-order valence-corrected chi connectivity index (χ3v) is 1.51. The summed E-state index contributed by atoms with van der Waals surface area (Å²) in [5, 5.41) is 0.238. The molecule has 0 spiro atoms. The minimum absolute atomic E-state index is 0.238. The van der Waals surface area contributed by atoms with E-state index in [1.807, 2.05) is 25.1 Å². The molecule has 1 aromatic rings. The van der Waals surface area contributed by atoms with Crippen LogP contribution >= 0.6 is 11.6 Å². The van der Waals surface area contributed by atoms with Gasteiger partial charge in [0.15, 0.2) is 0 Å². The monoisotopic (exact) mass is 154 g/mol. The smallest absolute Gasteiger partial charge is 0.0348 e. The van der Waals surface area contributed by atoms with E-state index in [2.05, 4.69) is 12.1 Å². The topological polar surface area (TPSA) is 0 Å². The van der Waals surface area contributed by atoms with E-state index in [1.54, 1.807) is 0 Å². The van der Waals surface area contributed by atoms with Gasteiger partial charge < -0.3 is 0 Å². The van der Waals surface area contributed by atoms with Gasteiger partial charge in [-0.3, -0.25) is 0 Å². The molecule has 1 atom stereocenters. The van der Waals surface area contributed by atoms with Crippen molar-refractivity contribution in [2.24, 2.45) is 0 Å². The highest BCUT2D eigenvalue weighted by molar-refractivity contribution is 6.20. The third-order valence-electron chi connectivity index (χ3n) is 1.36. The van der Waals surface area contributed by atoms with E-state index in [9.17, 15) is 0 Å². The maximum absolute atomic E-state index is 5.81. The minimum Gasteiger partial charge on any atom is -0.123 e. The molecule has 0 N–H and O–H groups in total. The number of hydrogen-bond donors (Lipinski definition) is 0. The average molecular weight is 155 g/mol. The van der Waals surface area contributed by atoms with Gasteiger partial charge in [-0.25, -0.2) is 0 Å². The molecule has 0 aliphatic rings. The van der Waals surface area contributed by atoms with E-state index in [1.165, 1.54) is 5.56 Å². The van der Waals surface area contributed by atoms with Crippen molar-refractivity contribution in [2.45, 2.75) is 18.7 Å². The Labute approximate surface area is 66.8 Å². The zero-order valence-electron chi connectivity index (χ0n) is 6.05. The lowest BCUT2D eigenvalue weighted by molar-refractivity contribution is 0.931. The van der Waals surface area contributed by atoms with Gasteiger partial charge in [-0.2, -0.15) is 0 Å². The second kappa shape index (κ2) is 3.62. The Morgan fingerprint density at radius 1 is 1.30 bits per heavy atom. The summed E-state index contributed by atoms with van der Waals surface area (Å²) in [7, 11) is 0. The fourth-order valence-corrected chi connectivity index (χ4v) is 1.12. The number of hydrogen-bond acceptors (Lipinski definition) is 0. The van der Waals surface area contributed by atoms with Crippen LogP contribution in [0.1, 0.15) is 12.5 Å². The third kappa shape index (κ3) is 2.40. The van der Waals surface area contributed by atoms with Crippen molar-refractivity contribution >= 4 is 11.6 Å². The molecule has 54 valence electrons. The van der Waals surface area contributed by atoms with E-state index < -0.39 is 0 Å². The van der Waals surface area contributed by atoms with E-state index in [0.717, 1.165) is 6.42 Å². The van der Waals surface area contributed by atoms with Crippen LogP contribution < -0.4 is 0 Å². The first-order chi connectivity index (χ1) is 4.79. The van der Waals surface area contributed by atoms with Gasteiger partial charge in [-0.05, 0) is 18.9 Å².